The molecule has 0 radical (unpaired) electrons. The van der Waals surface area contributed by atoms with E-state index in [2.05, 4.69) is 15.3 Å². The quantitative estimate of drug-likeness (QED) is 0.385. The third-order valence-electron chi connectivity index (χ3n) is 5.66. The number of nitrogens with one attached hydrogen (secondary N) is 2. The predicted molar refractivity (Wildman–Crippen MR) is 136 cm³/mol. The van der Waals surface area contributed by atoms with Gasteiger partial charge in [0.1, 0.15) is 5.82 Å². The Balaban J connectivity index is 1.38. The number of sulfonamides is 1. The predicted octanol–water partition coefficient (Wildman–Crippen LogP) is 4.81. The lowest BCUT2D eigenvalue weighted by Gasteiger charge is -2.26. The van der Waals surface area contributed by atoms with E-state index in [1.54, 1.807) is 18.2 Å². The van der Waals surface area contributed by atoms with Gasteiger partial charge in [0.15, 0.2) is 0 Å². The summed E-state index contributed by atoms with van der Waals surface area (Å²) < 4.78 is 32.3. The van der Waals surface area contributed by atoms with Crippen molar-refractivity contribution in [2.45, 2.75) is 4.90 Å². The third kappa shape index (κ3) is 4.78. The first-order chi connectivity index (χ1) is 16.8. The summed E-state index contributed by atoms with van der Waals surface area (Å²) in [5.74, 6) is 0.0891. The fourth-order valence-corrected chi connectivity index (χ4v) is 5.81. The lowest BCUT2D eigenvalue weighted by Crippen LogP contribution is -2.40. The van der Waals surface area contributed by atoms with Crippen LogP contribution in [0.3, 0.4) is 0 Å². The highest BCUT2D eigenvalue weighted by molar-refractivity contribution is 7.89. The molecule has 1 fully saturated rings. The van der Waals surface area contributed by atoms with Crippen molar-refractivity contribution in [1.82, 2.24) is 14.3 Å². The van der Waals surface area contributed by atoms with E-state index in [4.69, 9.17) is 27.9 Å². The number of anilines is 1. The summed E-state index contributed by atoms with van der Waals surface area (Å²) >= 11 is 12.7. The van der Waals surface area contributed by atoms with E-state index >= 15 is 0 Å². The van der Waals surface area contributed by atoms with E-state index in [-0.39, 0.29) is 28.6 Å². The Labute approximate surface area is 211 Å². The molecule has 0 unspecified atom stereocenters. The Bertz CT molecular complexity index is 1500. The van der Waals surface area contributed by atoms with Crippen molar-refractivity contribution in [3.8, 4) is 11.4 Å². The summed E-state index contributed by atoms with van der Waals surface area (Å²) in [6, 6.07) is 16.7. The molecule has 8 nitrogen and oxygen atoms in total. The highest BCUT2D eigenvalue weighted by Crippen LogP contribution is 2.31. The molecule has 180 valence electrons. The number of hydrogen-bond donors (Lipinski definition) is 2. The topological polar surface area (TPSA) is 104 Å². The maximum Gasteiger partial charge on any atom is 0.257 e. The molecule has 1 saturated heterocycles. The maximum absolute atomic E-state index is 12.9. The van der Waals surface area contributed by atoms with Crippen LogP contribution in [0.4, 0.5) is 5.69 Å². The number of nitrogens with zero attached hydrogens (tertiary/aromatic N) is 2. The minimum atomic E-state index is -3.73. The van der Waals surface area contributed by atoms with E-state index < -0.39 is 15.9 Å². The molecule has 5 rings (SSSR count). The molecule has 1 aliphatic heterocycles. The summed E-state index contributed by atoms with van der Waals surface area (Å²) in [5, 5.41) is 3.29. The molecular weight excluding hydrogens is 511 g/mol. The van der Waals surface area contributed by atoms with Crippen molar-refractivity contribution in [3.63, 3.8) is 0 Å². The number of ether oxygens (including phenoxy) is 1. The van der Waals surface area contributed by atoms with Crippen molar-refractivity contribution < 1.29 is 17.9 Å². The molecule has 0 atom stereocenters. The molecule has 4 aromatic rings. The number of aromatic amines is 1. The fraction of sp³-hybridized carbons (Fsp3) is 0.167. The van der Waals surface area contributed by atoms with E-state index in [0.29, 0.717) is 35.3 Å². The molecular formula is C24H20Cl2N4O4S. The number of aromatic nitrogens is 2. The molecule has 0 aliphatic carbocycles. The molecule has 2 heterocycles. The SMILES string of the molecule is O=C(Nc1ccc(Cl)c(-c2nc3ccccc3[nH]2)c1)c1ccc(S(=O)(=O)N2CCOCC2)cc1Cl. The van der Waals surface area contributed by atoms with Gasteiger partial charge in [-0.3, -0.25) is 4.79 Å². The molecule has 1 aromatic heterocycles. The van der Waals surface area contributed by atoms with E-state index in [1.807, 2.05) is 24.3 Å². The first-order valence-corrected chi connectivity index (χ1v) is 13.0. The van der Waals surface area contributed by atoms with Crippen molar-refractivity contribution in [2.75, 3.05) is 31.6 Å². The number of halogens is 2. The number of amides is 1. The molecule has 1 amide bonds. The number of carbonyl (C=O) groups is 1. The number of hydrogen-bond acceptors (Lipinski definition) is 5. The number of fused-ring (bicyclic) bond motifs is 1. The van der Waals surface area contributed by atoms with Crippen LogP contribution in [0.2, 0.25) is 10.0 Å². The van der Waals surface area contributed by atoms with Crippen LogP contribution >= 0.6 is 23.2 Å². The molecule has 2 N–H and O–H groups in total. The van der Waals surface area contributed by atoms with Gasteiger partial charge < -0.3 is 15.0 Å². The summed E-state index contributed by atoms with van der Waals surface area (Å²) in [5.41, 5.74) is 2.92. The van der Waals surface area contributed by atoms with Crippen LogP contribution in [-0.2, 0) is 14.8 Å². The van der Waals surface area contributed by atoms with Gasteiger partial charge in [0.05, 0.1) is 44.8 Å². The number of H-pyrrole nitrogens is 1. The number of carbonyl (C=O) groups excluding carboxylic acids is 1. The lowest BCUT2D eigenvalue weighted by molar-refractivity contribution is 0.0730. The first-order valence-electron chi connectivity index (χ1n) is 10.8. The zero-order chi connectivity index (χ0) is 24.6. The summed E-state index contributed by atoms with van der Waals surface area (Å²) in [6.07, 6.45) is 0. The van der Waals surface area contributed by atoms with Gasteiger partial charge in [0.2, 0.25) is 10.0 Å². The first kappa shape index (κ1) is 23.8. The van der Waals surface area contributed by atoms with Crippen molar-refractivity contribution >= 4 is 55.9 Å². The smallest absolute Gasteiger partial charge is 0.257 e. The normalized spacial score (nSPS) is 14.8. The molecule has 1 aliphatic rings. The number of para-hydroxylation sites is 2. The van der Waals surface area contributed by atoms with Crippen LogP contribution in [-0.4, -0.2) is 54.9 Å². The number of morpholine rings is 1. The minimum Gasteiger partial charge on any atom is -0.379 e. The number of imidazole rings is 1. The van der Waals surface area contributed by atoms with Crippen molar-refractivity contribution in [3.05, 3.63) is 76.3 Å². The molecule has 3 aromatic carbocycles. The van der Waals surface area contributed by atoms with Crippen molar-refractivity contribution in [2.24, 2.45) is 0 Å². The summed E-state index contributed by atoms with van der Waals surface area (Å²) in [6.45, 7) is 1.22. The van der Waals surface area contributed by atoms with Crippen molar-refractivity contribution in [1.29, 1.82) is 0 Å². The highest BCUT2D eigenvalue weighted by Gasteiger charge is 2.27. The second-order valence-electron chi connectivity index (χ2n) is 7.91. The average Bonchev–Trinajstić information content (AvgIpc) is 3.29. The van der Waals surface area contributed by atoms with Crippen LogP contribution in [0, 0.1) is 0 Å². The Morgan fingerprint density at radius 3 is 2.51 bits per heavy atom. The van der Waals surface area contributed by atoms with Gasteiger partial charge in [-0.2, -0.15) is 4.31 Å². The number of rotatable bonds is 5. The van der Waals surface area contributed by atoms with E-state index in [9.17, 15) is 13.2 Å². The minimum absolute atomic E-state index is 0.0274. The second-order valence-corrected chi connectivity index (χ2v) is 10.7. The van der Waals surface area contributed by atoms with E-state index in [0.717, 1.165) is 11.0 Å². The van der Waals surface area contributed by atoms with Gasteiger partial charge in [0, 0.05) is 24.3 Å². The Morgan fingerprint density at radius 1 is 1.00 bits per heavy atom. The van der Waals surface area contributed by atoms with Crippen LogP contribution in [0.15, 0.2) is 65.6 Å². The van der Waals surface area contributed by atoms with Gasteiger partial charge in [-0.1, -0.05) is 35.3 Å². The zero-order valence-corrected chi connectivity index (χ0v) is 20.6. The molecule has 11 heteroatoms. The Hall–Kier alpha value is -2.95. The van der Waals surface area contributed by atoms with Gasteiger partial charge in [-0.15, -0.1) is 0 Å². The highest BCUT2D eigenvalue weighted by atomic mass is 35.5. The monoisotopic (exact) mass is 530 g/mol. The standard InChI is InChI=1S/C24H20Cl2N4O4S/c25-19-8-5-15(13-18(19)23-28-21-3-1-2-4-22(21)29-23)27-24(31)17-7-6-16(14-20(17)26)35(32,33)30-9-11-34-12-10-30/h1-8,13-14H,9-12H2,(H,27,31)(H,28,29). The average molecular weight is 531 g/mol. The van der Waals surface area contributed by atoms with Crippen LogP contribution < -0.4 is 5.32 Å². The van der Waals surface area contributed by atoms with Crippen LogP contribution in [0.25, 0.3) is 22.4 Å². The van der Waals surface area contributed by atoms with Gasteiger partial charge >= 0.3 is 0 Å². The molecule has 35 heavy (non-hydrogen) atoms. The lowest BCUT2D eigenvalue weighted by atomic mass is 10.1. The molecule has 0 spiro atoms. The van der Waals surface area contributed by atoms with Gasteiger partial charge in [-0.25, -0.2) is 13.4 Å². The van der Waals surface area contributed by atoms with Gasteiger partial charge in [0.25, 0.3) is 5.91 Å². The van der Waals surface area contributed by atoms with Gasteiger partial charge in [-0.05, 0) is 48.5 Å². The maximum atomic E-state index is 12.9. The second kappa shape index (κ2) is 9.60. The third-order valence-corrected chi connectivity index (χ3v) is 8.20. The Kier molecular flexibility index (Phi) is 6.52. The Morgan fingerprint density at radius 2 is 1.77 bits per heavy atom. The summed E-state index contributed by atoms with van der Waals surface area (Å²) in [7, 11) is -3.73. The summed E-state index contributed by atoms with van der Waals surface area (Å²) in [4.78, 5) is 20.8. The molecule has 0 bridgehead atoms. The van der Waals surface area contributed by atoms with Crippen LogP contribution in [0.5, 0.6) is 0 Å². The largest absolute Gasteiger partial charge is 0.379 e. The molecule has 0 saturated carbocycles. The van der Waals surface area contributed by atoms with Crippen LogP contribution in [0.1, 0.15) is 10.4 Å². The zero-order valence-electron chi connectivity index (χ0n) is 18.3. The fourth-order valence-electron chi connectivity index (χ4n) is 3.84. The van der Waals surface area contributed by atoms with E-state index in [1.165, 1.54) is 22.5 Å². The number of benzene rings is 3.